The Bertz CT molecular complexity index is 2210. The van der Waals surface area contributed by atoms with Gasteiger partial charge in [0.1, 0.15) is 23.7 Å². The Labute approximate surface area is 403 Å². The normalized spacial score (nSPS) is 34.6. The molecular weight excluding hydrogens is 874 g/mol. The molecule has 2 aromatic carbocycles. The van der Waals surface area contributed by atoms with Crippen LogP contribution in [0.25, 0.3) is 22.3 Å². The van der Waals surface area contributed by atoms with Crippen molar-refractivity contribution in [1.82, 2.24) is 14.4 Å². The highest BCUT2D eigenvalue weighted by molar-refractivity contribution is 6.30. The largest absolute Gasteiger partial charge is 0.459 e. The van der Waals surface area contributed by atoms with Crippen LogP contribution in [0.1, 0.15) is 99.9 Å². The number of carbonyl (C=O) groups excluding carboxylic acids is 3. The number of nitrogens with zero attached hydrogens (tertiary/aromatic N) is 3. The number of benzene rings is 2. The maximum atomic E-state index is 14.8. The number of hydrogen-bond acceptors (Lipinski definition) is 12. The summed E-state index contributed by atoms with van der Waals surface area (Å²) in [6.45, 7) is 19.1. The number of rotatable bonds is 9. The molecule has 0 amide bonds. The van der Waals surface area contributed by atoms with Crippen LogP contribution in [-0.4, -0.2) is 135 Å². The predicted octanol–water partition coefficient (Wildman–Crippen LogP) is 7.35. The van der Waals surface area contributed by atoms with Crippen LogP contribution >= 0.6 is 11.6 Å². The Kier molecular flexibility index (Phi) is 16.3. The van der Waals surface area contributed by atoms with Gasteiger partial charge in [0.05, 0.1) is 30.3 Å². The highest BCUT2D eigenvalue weighted by Crippen LogP contribution is 2.47. The van der Waals surface area contributed by atoms with Gasteiger partial charge in [-0.15, -0.1) is 0 Å². The zero-order chi connectivity index (χ0) is 49.5. The standard InChI is InChI=1S/C53H76ClN3O10/c1-14-41-53(10,63)47(60)34(6)56(13)28-30(2)26-52(9,62)48(32(4)45(59)33(5)49(61)65-41)67-50-46(39(55(11)12)24-31(3)64-50)66-42(58)25-38-43(36-20-22-37(54)23-21-36)44(35-18-16-15-17-19-35)40-27-51(7,8)29-57(38)40/h15-23,30-34,39,41,46-48,50,60,62-63H,14,24-29H2,1-13H3/t30-,31-,32+,33-,34-,39+,41-,46-,47-,48-,50?,52-,53-/m1/s1. The molecule has 3 aromatic rings. The Morgan fingerprint density at radius 1 is 0.940 bits per heavy atom. The predicted molar refractivity (Wildman–Crippen MR) is 259 cm³/mol. The maximum Gasteiger partial charge on any atom is 0.316 e. The van der Waals surface area contributed by atoms with Gasteiger partial charge in [-0.1, -0.05) is 88.7 Å². The SMILES string of the molecule is CC[C@H]1OC(=O)[C@H](C)C(=O)[C@H](C)[C@@H](OC2O[C@H](C)C[C@H](N(C)C)[C@H]2OC(=O)Cc2c(-c3ccc(Cl)cc3)c(-c3ccccc3)c3n2CC(C)(C)C3)[C@](C)(O)C[C@@H](C)CN(C)[C@H](C)[C@@H](O)[C@]1(C)O. The molecule has 0 saturated carbocycles. The average molecular weight is 951 g/mol. The molecule has 67 heavy (non-hydrogen) atoms. The molecule has 4 heterocycles. The molecule has 370 valence electrons. The summed E-state index contributed by atoms with van der Waals surface area (Å²) >= 11 is 6.41. The molecule has 0 radical (unpaired) electrons. The lowest BCUT2D eigenvalue weighted by Crippen LogP contribution is -2.60. The summed E-state index contributed by atoms with van der Waals surface area (Å²) in [6.07, 6.45) is -4.68. The third-order valence-corrected chi connectivity index (χ3v) is 15.0. The number of aromatic nitrogens is 1. The first kappa shape index (κ1) is 52.7. The van der Waals surface area contributed by atoms with Gasteiger partial charge in [0.15, 0.2) is 18.2 Å². The first-order valence-electron chi connectivity index (χ1n) is 24.1. The second-order valence-corrected chi connectivity index (χ2v) is 21.9. The topological polar surface area (TPSA) is 160 Å². The van der Waals surface area contributed by atoms with Gasteiger partial charge in [0.2, 0.25) is 0 Å². The van der Waals surface area contributed by atoms with E-state index in [1.807, 2.05) is 87.3 Å². The Balaban J connectivity index is 1.38. The first-order chi connectivity index (χ1) is 31.3. The highest BCUT2D eigenvalue weighted by Gasteiger charge is 2.51. The lowest BCUT2D eigenvalue weighted by Gasteiger charge is -2.46. The molecule has 0 bridgehead atoms. The van der Waals surface area contributed by atoms with Gasteiger partial charge in [-0.3, -0.25) is 14.4 Å². The third-order valence-electron chi connectivity index (χ3n) is 14.7. The van der Waals surface area contributed by atoms with E-state index in [9.17, 15) is 29.7 Å². The quantitative estimate of drug-likeness (QED) is 0.145. The van der Waals surface area contributed by atoms with Crippen LogP contribution in [0.15, 0.2) is 54.6 Å². The Hall–Kier alpha value is -3.66. The summed E-state index contributed by atoms with van der Waals surface area (Å²) in [7, 11) is 5.64. The minimum absolute atomic E-state index is 0.0631. The lowest BCUT2D eigenvalue weighted by molar-refractivity contribution is -0.296. The van der Waals surface area contributed by atoms with E-state index < -0.39 is 77.5 Å². The zero-order valence-electron chi connectivity index (χ0n) is 41.9. The average Bonchev–Trinajstić information content (AvgIpc) is 3.72. The summed E-state index contributed by atoms with van der Waals surface area (Å²) in [5.74, 6) is -4.53. The van der Waals surface area contributed by atoms with Crippen molar-refractivity contribution in [3.05, 3.63) is 71.0 Å². The molecule has 1 aromatic heterocycles. The Morgan fingerprint density at radius 3 is 2.18 bits per heavy atom. The third kappa shape index (κ3) is 11.4. The molecule has 0 aliphatic carbocycles. The number of Topliss-reactive ketones (excluding diaryl/α,β-unsaturated/α-hetero) is 1. The van der Waals surface area contributed by atoms with Crippen molar-refractivity contribution in [3.63, 3.8) is 0 Å². The van der Waals surface area contributed by atoms with Gasteiger partial charge in [0, 0.05) is 52.6 Å². The monoisotopic (exact) mass is 950 g/mol. The highest BCUT2D eigenvalue weighted by atomic mass is 35.5. The second kappa shape index (κ2) is 20.7. The molecule has 2 saturated heterocycles. The van der Waals surface area contributed by atoms with Crippen molar-refractivity contribution in [2.75, 3.05) is 27.7 Å². The molecular formula is C53H76ClN3O10. The van der Waals surface area contributed by atoms with E-state index in [1.165, 1.54) is 13.8 Å². The summed E-state index contributed by atoms with van der Waals surface area (Å²) in [4.78, 5) is 47.0. The van der Waals surface area contributed by atoms with Gasteiger partial charge in [0.25, 0.3) is 0 Å². The zero-order valence-corrected chi connectivity index (χ0v) is 42.7. The van der Waals surface area contributed by atoms with Crippen molar-refractivity contribution >= 4 is 29.3 Å². The molecule has 14 heteroatoms. The number of cyclic esters (lactones) is 1. The number of halogens is 1. The number of aliphatic hydroxyl groups excluding tert-OH is 1. The lowest BCUT2D eigenvalue weighted by atomic mass is 9.78. The number of esters is 2. The van der Waals surface area contributed by atoms with Gasteiger partial charge in [-0.25, -0.2) is 0 Å². The van der Waals surface area contributed by atoms with E-state index in [0.717, 1.165) is 40.1 Å². The fourth-order valence-corrected chi connectivity index (χ4v) is 11.2. The molecule has 2 fully saturated rings. The number of ketones is 1. The molecule has 13 atom stereocenters. The maximum absolute atomic E-state index is 14.8. The molecule has 13 nitrogen and oxygen atoms in total. The second-order valence-electron chi connectivity index (χ2n) is 21.5. The summed E-state index contributed by atoms with van der Waals surface area (Å²) < 4.78 is 28.2. The number of hydrogen-bond donors (Lipinski definition) is 3. The van der Waals surface area contributed by atoms with Crippen LogP contribution < -0.4 is 0 Å². The van der Waals surface area contributed by atoms with E-state index >= 15 is 0 Å². The van der Waals surface area contributed by atoms with E-state index in [2.05, 4.69) is 30.5 Å². The molecule has 6 rings (SSSR count). The number of fused-ring (bicyclic) bond motifs is 1. The molecule has 0 spiro atoms. The number of likely N-dealkylation sites (N-methyl/N-ethyl adjacent to an activating group) is 2. The number of carbonyl (C=O) groups is 3. The van der Waals surface area contributed by atoms with Crippen molar-refractivity contribution < 1.29 is 48.7 Å². The van der Waals surface area contributed by atoms with Gasteiger partial charge in [-0.2, -0.15) is 0 Å². The smallest absolute Gasteiger partial charge is 0.316 e. The molecule has 3 aliphatic rings. The van der Waals surface area contributed by atoms with Crippen LogP contribution in [0.5, 0.6) is 0 Å². The fraction of sp³-hybridized carbons (Fsp3) is 0.642. The van der Waals surface area contributed by atoms with E-state index in [0.29, 0.717) is 24.5 Å². The number of ether oxygens (including phenoxy) is 4. The Morgan fingerprint density at radius 2 is 1.57 bits per heavy atom. The van der Waals surface area contributed by atoms with E-state index in [-0.39, 0.29) is 42.7 Å². The van der Waals surface area contributed by atoms with E-state index in [1.54, 1.807) is 27.7 Å². The summed E-state index contributed by atoms with van der Waals surface area (Å²) in [6, 6.07) is 17.0. The van der Waals surface area contributed by atoms with Gasteiger partial charge < -0.3 is 48.6 Å². The molecule has 3 N–H and O–H groups in total. The molecule has 1 unspecified atom stereocenters. The van der Waals surface area contributed by atoms with Crippen molar-refractivity contribution in [3.8, 4) is 22.3 Å². The summed E-state index contributed by atoms with van der Waals surface area (Å²) in [5, 5.41) is 36.3. The van der Waals surface area contributed by atoms with Crippen LogP contribution in [0, 0.1) is 23.2 Å². The van der Waals surface area contributed by atoms with E-state index in [4.69, 9.17) is 30.5 Å². The first-order valence-corrected chi connectivity index (χ1v) is 24.4. The minimum Gasteiger partial charge on any atom is -0.459 e. The molecule has 3 aliphatic heterocycles. The van der Waals surface area contributed by atoms with Crippen molar-refractivity contribution in [2.45, 2.75) is 168 Å². The minimum atomic E-state index is -1.84. The van der Waals surface area contributed by atoms with Crippen LogP contribution in [-0.2, 0) is 52.7 Å². The van der Waals surface area contributed by atoms with Gasteiger partial charge in [-0.05, 0) is 116 Å². The van der Waals surface area contributed by atoms with Crippen molar-refractivity contribution in [1.29, 1.82) is 0 Å². The number of aliphatic hydroxyl groups is 3. The van der Waals surface area contributed by atoms with Gasteiger partial charge >= 0.3 is 11.9 Å². The van der Waals surface area contributed by atoms with Crippen LogP contribution in [0.2, 0.25) is 5.02 Å². The summed E-state index contributed by atoms with van der Waals surface area (Å²) in [5.41, 5.74) is 2.38. The van der Waals surface area contributed by atoms with Crippen LogP contribution in [0.3, 0.4) is 0 Å². The fourth-order valence-electron chi connectivity index (χ4n) is 11.1. The van der Waals surface area contributed by atoms with Crippen LogP contribution in [0.4, 0.5) is 0 Å². The van der Waals surface area contributed by atoms with Crippen molar-refractivity contribution in [2.24, 2.45) is 23.2 Å².